The molecule has 0 aromatic heterocycles. The quantitative estimate of drug-likeness (QED) is 0.645. The molecule has 0 radical (unpaired) electrons. The molecule has 0 bridgehead atoms. The Labute approximate surface area is 140 Å². The van der Waals surface area contributed by atoms with Gasteiger partial charge in [-0.2, -0.15) is 0 Å². The van der Waals surface area contributed by atoms with Crippen LogP contribution in [0, 0.1) is 11.8 Å². The van der Waals surface area contributed by atoms with Crippen LogP contribution in [0.5, 0.6) is 0 Å². The van der Waals surface area contributed by atoms with Crippen LogP contribution >= 0.6 is 7.60 Å². The maximum atomic E-state index is 13.5. The Morgan fingerprint density at radius 3 is 2.17 bits per heavy atom. The van der Waals surface area contributed by atoms with E-state index in [1.807, 2.05) is 32.0 Å². The molecule has 0 amide bonds. The highest BCUT2D eigenvalue weighted by molar-refractivity contribution is 7.56. The van der Waals surface area contributed by atoms with Crippen molar-refractivity contribution < 1.29 is 13.6 Å². The van der Waals surface area contributed by atoms with Crippen LogP contribution in [0.25, 0.3) is 0 Å². The molecule has 1 saturated carbocycles. The minimum absolute atomic E-state index is 0.0918. The average Bonchev–Trinajstić information content (AvgIpc) is 3.25. The van der Waals surface area contributed by atoms with E-state index in [-0.39, 0.29) is 6.04 Å². The predicted octanol–water partition coefficient (Wildman–Crippen LogP) is 4.98. The molecule has 5 heteroatoms. The van der Waals surface area contributed by atoms with Gasteiger partial charge in [-0.05, 0) is 44.6 Å². The number of hydrogen-bond acceptors (Lipinski definition) is 4. The number of benzene rings is 1. The van der Waals surface area contributed by atoms with Crippen LogP contribution in [-0.4, -0.2) is 18.5 Å². The molecule has 130 valence electrons. The van der Waals surface area contributed by atoms with E-state index >= 15 is 0 Å². The highest BCUT2D eigenvalue weighted by Crippen LogP contribution is 2.74. The fraction of sp³-hybridized carbons (Fsp3) is 0.667. The lowest BCUT2D eigenvalue weighted by Gasteiger charge is -2.32. The van der Waals surface area contributed by atoms with Gasteiger partial charge in [0.2, 0.25) is 0 Å². The molecule has 0 spiro atoms. The van der Waals surface area contributed by atoms with Gasteiger partial charge in [0.15, 0.2) is 0 Å². The lowest BCUT2D eigenvalue weighted by Crippen LogP contribution is -2.37. The third kappa shape index (κ3) is 3.71. The third-order valence-corrected chi connectivity index (χ3v) is 7.46. The van der Waals surface area contributed by atoms with Crippen molar-refractivity contribution in [3.8, 4) is 0 Å². The van der Waals surface area contributed by atoms with Gasteiger partial charge in [0.25, 0.3) is 0 Å². The van der Waals surface area contributed by atoms with E-state index in [0.29, 0.717) is 25.0 Å². The van der Waals surface area contributed by atoms with Crippen molar-refractivity contribution in [1.29, 1.82) is 0 Å². The summed E-state index contributed by atoms with van der Waals surface area (Å²) in [6, 6.07) is 10.3. The molecule has 1 fully saturated rings. The van der Waals surface area contributed by atoms with Gasteiger partial charge >= 0.3 is 7.60 Å². The molecule has 3 atom stereocenters. The van der Waals surface area contributed by atoms with Crippen LogP contribution in [0.3, 0.4) is 0 Å². The summed E-state index contributed by atoms with van der Waals surface area (Å²) >= 11 is 0. The van der Waals surface area contributed by atoms with Crippen LogP contribution in [0.15, 0.2) is 30.3 Å². The average molecular weight is 339 g/mol. The van der Waals surface area contributed by atoms with Crippen LogP contribution in [0.1, 0.15) is 52.6 Å². The smallest absolute Gasteiger partial charge is 0.308 e. The second-order valence-corrected chi connectivity index (χ2v) is 8.90. The lowest BCUT2D eigenvalue weighted by molar-refractivity contribution is 0.196. The van der Waals surface area contributed by atoms with Gasteiger partial charge in [0.05, 0.1) is 13.2 Å². The highest BCUT2D eigenvalue weighted by Gasteiger charge is 2.68. The maximum absolute atomic E-state index is 13.5. The van der Waals surface area contributed by atoms with Crippen molar-refractivity contribution in [3.05, 3.63) is 35.9 Å². The first kappa shape index (κ1) is 18.7. The SMILES string of the molecule is CCOP(=O)(OCC)[C@@]1(N[C@@H](C)c2ccccc2)C[C@@H]1C(C)C. The summed E-state index contributed by atoms with van der Waals surface area (Å²) in [6.45, 7) is 11.0. The molecule has 1 aliphatic carbocycles. The largest absolute Gasteiger partial charge is 0.350 e. The van der Waals surface area contributed by atoms with Gasteiger partial charge in [-0.25, -0.2) is 0 Å². The van der Waals surface area contributed by atoms with E-state index in [2.05, 4.69) is 38.2 Å². The highest BCUT2D eigenvalue weighted by atomic mass is 31.2. The molecule has 1 N–H and O–H groups in total. The van der Waals surface area contributed by atoms with Crippen molar-refractivity contribution in [3.63, 3.8) is 0 Å². The molecule has 4 nitrogen and oxygen atoms in total. The summed E-state index contributed by atoms with van der Waals surface area (Å²) in [7, 11) is -3.21. The monoisotopic (exact) mass is 339 g/mol. The third-order valence-electron chi connectivity index (χ3n) is 4.64. The van der Waals surface area contributed by atoms with Crippen molar-refractivity contribution in [2.75, 3.05) is 13.2 Å². The summed E-state index contributed by atoms with van der Waals surface area (Å²) in [4.78, 5) is 0. The first-order chi connectivity index (χ1) is 10.9. The lowest BCUT2D eigenvalue weighted by atomic mass is 10.1. The van der Waals surface area contributed by atoms with Gasteiger partial charge in [-0.3, -0.25) is 9.88 Å². The van der Waals surface area contributed by atoms with Gasteiger partial charge in [0, 0.05) is 6.04 Å². The van der Waals surface area contributed by atoms with E-state index in [9.17, 15) is 4.57 Å². The second kappa shape index (κ2) is 7.48. The van der Waals surface area contributed by atoms with Crippen molar-refractivity contribution >= 4 is 7.60 Å². The zero-order chi connectivity index (χ0) is 17.1. The Morgan fingerprint density at radius 1 is 1.17 bits per heavy atom. The van der Waals surface area contributed by atoms with Crippen LogP contribution in [-0.2, 0) is 13.6 Å². The first-order valence-corrected chi connectivity index (χ1v) is 10.2. The van der Waals surface area contributed by atoms with Gasteiger partial charge < -0.3 is 9.05 Å². The normalized spacial score (nSPS) is 25.6. The topological polar surface area (TPSA) is 47.6 Å². The molecular formula is C18H30NO3P. The van der Waals surface area contributed by atoms with E-state index in [1.165, 1.54) is 5.56 Å². The van der Waals surface area contributed by atoms with Crippen LogP contribution in [0.4, 0.5) is 0 Å². The standard InChI is InChI=1S/C18H30NO3P/c1-6-21-23(20,22-7-2)18(13-17(18)14(3)4)19-15(5)16-11-9-8-10-12-16/h8-12,14-15,17,19H,6-7,13H2,1-5H3/t15-,17+,18-/m0/s1. The number of rotatable bonds is 9. The molecular weight excluding hydrogens is 309 g/mol. The number of nitrogens with one attached hydrogen (secondary N) is 1. The molecule has 1 aromatic carbocycles. The van der Waals surface area contributed by atoms with E-state index in [4.69, 9.17) is 9.05 Å². The maximum Gasteiger partial charge on any atom is 0.350 e. The van der Waals surface area contributed by atoms with Gasteiger partial charge in [0.1, 0.15) is 5.28 Å². The summed E-state index contributed by atoms with van der Waals surface area (Å²) in [5, 5.41) is 3.05. The fourth-order valence-electron chi connectivity index (χ4n) is 3.43. The molecule has 0 heterocycles. The Bertz CT molecular complexity index is 538. The van der Waals surface area contributed by atoms with Crippen LogP contribution in [0.2, 0.25) is 0 Å². The summed E-state index contributed by atoms with van der Waals surface area (Å²) < 4.78 is 24.8. The molecule has 23 heavy (non-hydrogen) atoms. The van der Waals surface area contributed by atoms with E-state index < -0.39 is 12.9 Å². The van der Waals surface area contributed by atoms with E-state index in [1.54, 1.807) is 0 Å². The minimum Gasteiger partial charge on any atom is -0.308 e. The molecule has 1 aliphatic rings. The Hall–Kier alpha value is -0.670. The molecule has 1 aromatic rings. The van der Waals surface area contributed by atoms with Gasteiger partial charge in [-0.15, -0.1) is 0 Å². The van der Waals surface area contributed by atoms with Gasteiger partial charge in [-0.1, -0.05) is 44.2 Å². The van der Waals surface area contributed by atoms with E-state index in [0.717, 1.165) is 6.42 Å². The Morgan fingerprint density at radius 2 is 1.74 bits per heavy atom. The van der Waals surface area contributed by atoms with Crippen molar-refractivity contribution in [2.45, 2.75) is 52.4 Å². The zero-order valence-electron chi connectivity index (χ0n) is 14.9. The molecule has 0 saturated heterocycles. The fourth-order valence-corrected chi connectivity index (χ4v) is 6.12. The molecule has 2 rings (SSSR count). The summed E-state index contributed by atoms with van der Waals surface area (Å²) in [5.41, 5.74) is 1.18. The summed E-state index contributed by atoms with van der Waals surface area (Å²) in [6.07, 6.45) is 0.832. The van der Waals surface area contributed by atoms with Crippen molar-refractivity contribution in [2.24, 2.45) is 11.8 Å². The van der Waals surface area contributed by atoms with Crippen molar-refractivity contribution in [1.82, 2.24) is 5.32 Å². The van der Waals surface area contributed by atoms with Crippen LogP contribution < -0.4 is 5.32 Å². The minimum atomic E-state index is -3.21. The zero-order valence-corrected chi connectivity index (χ0v) is 15.8. The summed E-state index contributed by atoms with van der Waals surface area (Å²) in [5.74, 6) is 0.734. The first-order valence-electron chi connectivity index (χ1n) is 8.62. The molecule has 0 aliphatic heterocycles. The molecule has 0 unspecified atom stereocenters. The predicted molar refractivity (Wildman–Crippen MR) is 94.5 cm³/mol. The Kier molecular flexibility index (Phi) is 6.07. The Balaban J connectivity index is 2.28. The second-order valence-electron chi connectivity index (χ2n) is 6.59. The number of hydrogen-bond donors (Lipinski definition) is 1.